The van der Waals surface area contributed by atoms with Crippen LogP contribution in [0, 0.1) is 11.6 Å². The van der Waals surface area contributed by atoms with Gasteiger partial charge in [-0.3, -0.25) is 0 Å². The summed E-state index contributed by atoms with van der Waals surface area (Å²) in [6.45, 7) is 0. The number of hydrogen-bond donors (Lipinski definition) is 0. The predicted octanol–water partition coefficient (Wildman–Crippen LogP) is 2.10. The molecule has 0 spiro atoms. The minimum absolute atomic E-state index is 0.124. The third-order valence-electron chi connectivity index (χ3n) is 1.93. The van der Waals surface area contributed by atoms with Gasteiger partial charge in [-0.25, -0.2) is 17.2 Å². The summed E-state index contributed by atoms with van der Waals surface area (Å²) in [7, 11) is 4.46. The Kier molecular flexibility index (Phi) is 3.75. The van der Waals surface area contributed by atoms with Crippen LogP contribution in [0.5, 0.6) is 0 Å². The summed E-state index contributed by atoms with van der Waals surface area (Å²) in [5, 5.41) is 0. The van der Waals surface area contributed by atoms with Crippen LogP contribution in [0.3, 0.4) is 0 Å². The molecule has 1 aromatic rings. The van der Waals surface area contributed by atoms with E-state index in [0.29, 0.717) is 0 Å². The number of halogens is 3. The van der Waals surface area contributed by atoms with Crippen LogP contribution in [0.15, 0.2) is 12.1 Å². The van der Waals surface area contributed by atoms with E-state index < -0.39 is 26.4 Å². The summed E-state index contributed by atoms with van der Waals surface area (Å²) in [6.07, 6.45) is 0. The normalized spacial score (nSPS) is 11.6. The molecule has 0 saturated heterocycles. The second kappa shape index (κ2) is 4.55. The molecule has 90 valence electrons. The molecule has 16 heavy (non-hydrogen) atoms. The van der Waals surface area contributed by atoms with E-state index in [-0.39, 0.29) is 11.3 Å². The van der Waals surface area contributed by atoms with Gasteiger partial charge in [-0.2, -0.15) is 0 Å². The number of nitrogens with zero attached hydrogens (tertiary/aromatic N) is 1. The molecular weight excluding hydrogens is 260 g/mol. The number of hydrogen-bond acceptors (Lipinski definition) is 3. The predicted molar refractivity (Wildman–Crippen MR) is 59.2 cm³/mol. The third kappa shape index (κ3) is 3.31. The quantitative estimate of drug-likeness (QED) is 0.789. The molecule has 0 fully saturated rings. The fourth-order valence-electron chi connectivity index (χ4n) is 1.30. The Morgan fingerprint density at radius 3 is 2.19 bits per heavy atom. The van der Waals surface area contributed by atoms with Gasteiger partial charge in [0.05, 0.1) is 5.75 Å². The molecule has 0 aliphatic carbocycles. The fourth-order valence-corrected chi connectivity index (χ4v) is 2.25. The first-order chi connectivity index (χ1) is 7.20. The van der Waals surface area contributed by atoms with Crippen LogP contribution in [0.25, 0.3) is 0 Å². The van der Waals surface area contributed by atoms with Gasteiger partial charge < -0.3 is 4.90 Å². The maximum absolute atomic E-state index is 13.0. The molecule has 0 radical (unpaired) electrons. The molecule has 0 aromatic heterocycles. The van der Waals surface area contributed by atoms with Crippen LogP contribution in [-0.2, 0) is 14.8 Å². The van der Waals surface area contributed by atoms with Gasteiger partial charge in [-0.1, -0.05) is 0 Å². The maximum atomic E-state index is 13.0. The molecule has 0 unspecified atom stereocenters. The zero-order valence-electron chi connectivity index (χ0n) is 8.67. The van der Waals surface area contributed by atoms with E-state index in [1.165, 1.54) is 4.90 Å². The van der Waals surface area contributed by atoms with Gasteiger partial charge in [0.15, 0.2) is 11.6 Å². The van der Waals surface area contributed by atoms with Gasteiger partial charge in [0.25, 0.3) is 0 Å². The molecule has 1 aromatic carbocycles. The fraction of sp³-hybridized carbons (Fsp3) is 0.333. The van der Waals surface area contributed by atoms with Gasteiger partial charge in [0.2, 0.25) is 9.05 Å². The molecule has 0 N–H and O–H groups in total. The highest BCUT2D eigenvalue weighted by Crippen LogP contribution is 2.25. The summed E-state index contributed by atoms with van der Waals surface area (Å²) in [5.74, 6) is -2.67. The van der Waals surface area contributed by atoms with E-state index in [1.54, 1.807) is 14.1 Å². The molecular formula is C9H10ClF2NO2S. The van der Waals surface area contributed by atoms with E-state index in [4.69, 9.17) is 10.7 Å². The van der Waals surface area contributed by atoms with Crippen molar-refractivity contribution in [1.82, 2.24) is 0 Å². The summed E-state index contributed by atoms with van der Waals surface area (Å²) in [6, 6.07) is 1.78. The lowest BCUT2D eigenvalue weighted by atomic mass is 10.2. The van der Waals surface area contributed by atoms with Crippen molar-refractivity contribution in [3.63, 3.8) is 0 Å². The highest BCUT2D eigenvalue weighted by atomic mass is 35.7. The van der Waals surface area contributed by atoms with Gasteiger partial charge in [0, 0.05) is 36.5 Å². The molecule has 0 atom stereocenters. The van der Waals surface area contributed by atoms with E-state index >= 15 is 0 Å². The molecule has 0 aliphatic rings. The largest absolute Gasteiger partial charge is 0.377 e. The SMILES string of the molecule is CN(C)c1cc(F)c(F)cc1CS(=O)(=O)Cl. The highest BCUT2D eigenvalue weighted by Gasteiger charge is 2.16. The molecule has 7 heteroatoms. The minimum Gasteiger partial charge on any atom is -0.377 e. The Hall–Kier alpha value is -0.880. The van der Waals surface area contributed by atoms with Gasteiger partial charge in [-0.05, 0) is 11.6 Å². The first-order valence-corrected chi connectivity index (χ1v) is 6.76. The maximum Gasteiger partial charge on any atom is 0.236 e. The molecule has 3 nitrogen and oxygen atoms in total. The topological polar surface area (TPSA) is 37.4 Å². The second-order valence-electron chi connectivity index (χ2n) is 3.47. The standard InChI is InChI=1S/C9H10ClF2NO2S/c1-13(2)9-4-8(12)7(11)3-6(9)5-16(10,14)15/h3-4H,5H2,1-2H3. The van der Waals surface area contributed by atoms with Crippen molar-refractivity contribution in [1.29, 1.82) is 0 Å². The second-order valence-corrected chi connectivity index (χ2v) is 6.25. The highest BCUT2D eigenvalue weighted by molar-refractivity contribution is 8.13. The number of rotatable bonds is 3. The summed E-state index contributed by atoms with van der Waals surface area (Å²) in [5.41, 5.74) is 0.405. The first-order valence-electron chi connectivity index (χ1n) is 4.28. The van der Waals surface area contributed by atoms with Crippen LogP contribution in [-0.4, -0.2) is 22.5 Å². The molecule has 0 aliphatic heterocycles. The van der Waals surface area contributed by atoms with Crippen molar-refractivity contribution >= 4 is 25.4 Å². The van der Waals surface area contributed by atoms with Crippen LogP contribution in [0.2, 0.25) is 0 Å². The van der Waals surface area contributed by atoms with E-state index in [9.17, 15) is 17.2 Å². The van der Waals surface area contributed by atoms with Gasteiger partial charge in [-0.15, -0.1) is 0 Å². The van der Waals surface area contributed by atoms with Crippen molar-refractivity contribution in [3.8, 4) is 0 Å². The average Bonchev–Trinajstić information content (AvgIpc) is 2.07. The summed E-state index contributed by atoms with van der Waals surface area (Å²) in [4.78, 5) is 1.49. The first kappa shape index (κ1) is 13.2. The Morgan fingerprint density at radius 1 is 1.25 bits per heavy atom. The van der Waals surface area contributed by atoms with Crippen molar-refractivity contribution in [2.24, 2.45) is 0 Å². The Bertz CT molecular complexity index is 502. The van der Waals surface area contributed by atoms with Crippen molar-refractivity contribution in [3.05, 3.63) is 29.3 Å². The average molecular weight is 270 g/mol. The number of anilines is 1. The smallest absolute Gasteiger partial charge is 0.236 e. The van der Waals surface area contributed by atoms with Crippen molar-refractivity contribution in [2.45, 2.75) is 5.75 Å². The zero-order valence-corrected chi connectivity index (χ0v) is 10.2. The van der Waals surface area contributed by atoms with Crippen LogP contribution >= 0.6 is 10.7 Å². The van der Waals surface area contributed by atoms with Crippen LogP contribution in [0.1, 0.15) is 5.56 Å². The van der Waals surface area contributed by atoms with Crippen LogP contribution in [0.4, 0.5) is 14.5 Å². The lowest BCUT2D eigenvalue weighted by Gasteiger charge is -2.17. The monoisotopic (exact) mass is 269 g/mol. The summed E-state index contributed by atoms with van der Waals surface area (Å²) < 4.78 is 47.7. The van der Waals surface area contributed by atoms with Crippen molar-refractivity contribution < 1.29 is 17.2 Å². The zero-order chi connectivity index (χ0) is 12.5. The van der Waals surface area contributed by atoms with E-state index in [0.717, 1.165) is 12.1 Å². The lowest BCUT2D eigenvalue weighted by molar-refractivity contribution is 0.507. The third-order valence-corrected chi connectivity index (χ3v) is 2.91. The van der Waals surface area contributed by atoms with E-state index in [1.807, 2.05) is 0 Å². The lowest BCUT2D eigenvalue weighted by Crippen LogP contribution is -2.13. The van der Waals surface area contributed by atoms with Gasteiger partial charge >= 0.3 is 0 Å². The molecule has 1 rings (SSSR count). The van der Waals surface area contributed by atoms with E-state index in [2.05, 4.69) is 0 Å². The number of benzene rings is 1. The summed E-state index contributed by atoms with van der Waals surface area (Å²) >= 11 is 0. The minimum atomic E-state index is -3.81. The molecule has 0 heterocycles. The van der Waals surface area contributed by atoms with Crippen molar-refractivity contribution in [2.75, 3.05) is 19.0 Å². The molecule has 0 bridgehead atoms. The Labute approximate surface area is 97.0 Å². The van der Waals surface area contributed by atoms with Crippen LogP contribution < -0.4 is 4.90 Å². The molecule has 0 amide bonds. The molecule has 0 saturated carbocycles. The van der Waals surface area contributed by atoms with Gasteiger partial charge in [0.1, 0.15) is 0 Å². The Morgan fingerprint density at radius 2 is 1.75 bits per heavy atom. The Balaban J connectivity index is 3.31.